The number of allylic oxidation sites excluding steroid dienone is 5. The quantitative estimate of drug-likeness (QED) is 0.0320. The molecule has 6 heteroatoms. The first-order valence-corrected chi connectivity index (χ1v) is 41.8. The molecule has 3 N–H and O–H groups in total. The lowest BCUT2D eigenvalue weighted by atomic mass is 10.0. The molecule has 0 aliphatic heterocycles. The van der Waals surface area contributed by atoms with Crippen molar-refractivity contribution in [1.82, 2.24) is 5.32 Å². The van der Waals surface area contributed by atoms with Crippen molar-refractivity contribution in [2.24, 2.45) is 0 Å². The van der Waals surface area contributed by atoms with Gasteiger partial charge in [-0.05, 0) is 64.2 Å². The van der Waals surface area contributed by atoms with Crippen LogP contribution >= 0.6 is 0 Å². The van der Waals surface area contributed by atoms with Crippen molar-refractivity contribution in [1.29, 1.82) is 0 Å². The standard InChI is InChI=1S/C85H163NO5/c1-3-5-7-9-11-13-15-17-19-20-21-41-44-47-50-53-57-61-65-69-73-77-83(88)82(81-87)86-84(89)78-74-70-66-62-58-54-51-48-45-42-39-37-35-33-31-29-27-25-23-22-24-26-28-30-32-34-36-38-40-43-46-49-52-56-60-64-68-72-76-80-91-85(90)79-75-71-67-63-59-55-18-16-14-12-10-8-6-4-2/h22-23,26,28,73,77,82-83,87-88H,3-21,24-25,27,29-72,74-76,78-81H2,1-2H3,(H,86,89)/b23-22-,28-26-,77-73+. The lowest BCUT2D eigenvalue weighted by Crippen LogP contribution is -2.45. The van der Waals surface area contributed by atoms with Gasteiger partial charge < -0.3 is 20.3 Å². The Bertz CT molecular complexity index is 1470. The van der Waals surface area contributed by atoms with E-state index in [1.54, 1.807) is 6.08 Å². The smallest absolute Gasteiger partial charge is 0.305 e. The van der Waals surface area contributed by atoms with Gasteiger partial charge in [0.25, 0.3) is 0 Å². The van der Waals surface area contributed by atoms with Gasteiger partial charge in [-0.25, -0.2) is 0 Å². The summed E-state index contributed by atoms with van der Waals surface area (Å²) >= 11 is 0. The van der Waals surface area contributed by atoms with E-state index in [9.17, 15) is 19.8 Å². The zero-order valence-corrected chi connectivity index (χ0v) is 61.9. The minimum Gasteiger partial charge on any atom is -0.466 e. The summed E-state index contributed by atoms with van der Waals surface area (Å²) in [5.74, 6) is -0.0369. The zero-order chi connectivity index (χ0) is 65.6. The molecule has 0 saturated carbocycles. The van der Waals surface area contributed by atoms with Crippen LogP contribution in [0.4, 0.5) is 0 Å². The maximum absolute atomic E-state index is 12.5. The van der Waals surface area contributed by atoms with E-state index in [0.717, 1.165) is 44.9 Å². The van der Waals surface area contributed by atoms with Crippen molar-refractivity contribution in [3.63, 3.8) is 0 Å². The highest BCUT2D eigenvalue weighted by Crippen LogP contribution is 2.20. The highest BCUT2D eigenvalue weighted by Gasteiger charge is 2.18. The van der Waals surface area contributed by atoms with Crippen molar-refractivity contribution >= 4 is 11.9 Å². The van der Waals surface area contributed by atoms with Crippen LogP contribution in [0.25, 0.3) is 0 Å². The number of aliphatic hydroxyl groups is 2. The molecule has 0 spiro atoms. The summed E-state index contributed by atoms with van der Waals surface area (Å²) in [5.41, 5.74) is 0. The highest BCUT2D eigenvalue weighted by atomic mass is 16.5. The van der Waals surface area contributed by atoms with E-state index in [-0.39, 0.29) is 18.5 Å². The highest BCUT2D eigenvalue weighted by molar-refractivity contribution is 5.76. The molecule has 2 unspecified atom stereocenters. The van der Waals surface area contributed by atoms with Crippen LogP contribution in [0, 0.1) is 0 Å². The van der Waals surface area contributed by atoms with Crippen LogP contribution in [0.5, 0.6) is 0 Å². The number of hydrogen-bond donors (Lipinski definition) is 3. The predicted molar refractivity (Wildman–Crippen MR) is 403 cm³/mol. The maximum atomic E-state index is 12.5. The Labute approximate surface area is 570 Å². The molecule has 0 aromatic carbocycles. The fourth-order valence-corrected chi connectivity index (χ4v) is 13.3. The second-order valence-corrected chi connectivity index (χ2v) is 28.8. The van der Waals surface area contributed by atoms with Gasteiger partial charge in [0.05, 0.1) is 25.4 Å². The summed E-state index contributed by atoms with van der Waals surface area (Å²) in [6.45, 7) is 4.96. The van der Waals surface area contributed by atoms with Gasteiger partial charge in [-0.15, -0.1) is 0 Å². The van der Waals surface area contributed by atoms with E-state index < -0.39 is 12.1 Å². The van der Waals surface area contributed by atoms with Crippen LogP contribution < -0.4 is 5.32 Å². The van der Waals surface area contributed by atoms with Crippen LogP contribution in [0.15, 0.2) is 36.5 Å². The minimum atomic E-state index is -0.844. The second-order valence-electron chi connectivity index (χ2n) is 28.8. The molecule has 91 heavy (non-hydrogen) atoms. The Morgan fingerprint density at radius 2 is 0.549 bits per heavy atom. The Hall–Kier alpha value is -1.92. The van der Waals surface area contributed by atoms with E-state index >= 15 is 0 Å². The molecule has 0 aromatic rings. The molecular formula is C85H163NO5. The van der Waals surface area contributed by atoms with E-state index in [1.807, 2.05) is 6.08 Å². The van der Waals surface area contributed by atoms with Crippen LogP contribution in [-0.2, 0) is 14.3 Å². The van der Waals surface area contributed by atoms with Crippen molar-refractivity contribution in [3.05, 3.63) is 36.5 Å². The number of aliphatic hydroxyl groups excluding tert-OH is 2. The summed E-state index contributed by atoms with van der Waals surface area (Å²) < 4.78 is 5.50. The molecule has 0 heterocycles. The number of nitrogens with one attached hydrogen (secondary N) is 1. The first kappa shape index (κ1) is 89.1. The van der Waals surface area contributed by atoms with Gasteiger partial charge in [-0.1, -0.05) is 429 Å². The first-order chi connectivity index (χ1) is 45.0. The number of amides is 1. The summed E-state index contributed by atoms with van der Waals surface area (Å²) in [4.78, 5) is 24.6. The first-order valence-electron chi connectivity index (χ1n) is 41.8. The zero-order valence-electron chi connectivity index (χ0n) is 61.9. The molecule has 0 aliphatic rings. The molecule has 0 aromatic heterocycles. The Morgan fingerprint density at radius 1 is 0.308 bits per heavy atom. The molecule has 0 aliphatic carbocycles. The molecule has 0 saturated heterocycles. The van der Waals surface area contributed by atoms with Crippen LogP contribution in [-0.4, -0.2) is 47.4 Å². The lowest BCUT2D eigenvalue weighted by molar-refractivity contribution is -0.143. The Morgan fingerprint density at radius 3 is 0.835 bits per heavy atom. The monoisotopic (exact) mass is 1280 g/mol. The van der Waals surface area contributed by atoms with Gasteiger partial charge in [0.15, 0.2) is 0 Å². The van der Waals surface area contributed by atoms with Crippen molar-refractivity contribution in [2.75, 3.05) is 13.2 Å². The Balaban J connectivity index is 3.37. The lowest BCUT2D eigenvalue weighted by Gasteiger charge is -2.20. The van der Waals surface area contributed by atoms with Crippen molar-refractivity contribution in [3.8, 4) is 0 Å². The topological polar surface area (TPSA) is 95.9 Å². The van der Waals surface area contributed by atoms with Crippen LogP contribution in [0.1, 0.15) is 470 Å². The normalized spacial score (nSPS) is 12.6. The van der Waals surface area contributed by atoms with Gasteiger partial charge in [-0.3, -0.25) is 9.59 Å². The van der Waals surface area contributed by atoms with Crippen LogP contribution in [0.2, 0.25) is 0 Å². The third-order valence-electron chi connectivity index (χ3n) is 19.7. The largest absolute Gasteiger partial charge is 0.466 e. The minimum absolute atomic E-state index is 0.0232. The van der Waals surface area contributed by atoms with Crippen LogP contribution in [0.3, 0.4) is 0 Å². The summed E-state index contributed by atoms with van der Waals surface area (Å²) in [7, 11) is 0. The predicted octanol–water partition coefficient (Wildman–Crippen LogP) is 27.8. The van der Waals surface area contributed by atoms with Crippen molar-refractivity contribution in [2.45, 2.75) is 482 Å². The van der Waals surface area contributed by atoms with Gasteiger partial charge in [0.1, 0.15) is 0 Å². The molecule has 0 rings (SSSR count). The molecule has 538 valence electrons. The van der Waals surface area contributed by atoms with E-state index in [1.165, 1.54) is 398 Å². The molecule has 6 nitrogen and oxygen atoms in total. The fraction of sp³-hybridized carbons (Fsp3) is 0.906. The molecule has 0 radical (unpaired) electrons. The number of carbonyl (C=O) groups is 2. The number of rotatable bonds is 79. The number of hydrogen-bond acceptors (Lipinski definition) is 5. The molecule has 1 amide bonds. The number of ether oxygens (including phenoxy) is 1. The number of unbranched alkanes of at least 4 members (excludes halogenated alkanes) is 64. The second kappa shape index (κ2) is 80.5. The van der Waals surface area contributed by atoms with Crippen molar-refractivity contribution < 1.29 is 24.5 Å². The molecule has 0 bridgehead atoms. The maximum Gasteiger partial charge on any atom is 0.305 e. The van der Waals surface area contributed by atoms with E-state index in [0.29, 0.717) is 19.4 Å². The molecule has 2 atom stereocenters. The van der Waals surface area contributed by atoms with E-state index in [4.69, 9.17) is 4.74 Å². The van der Waals surface area contributed by atoms with E-state index in [2.05, 4.69) is 43.5 Å². The van der Waals surface area contributed by atoms with Gasteiger partial charge in [0.2, 0.25) is 5.91 Å². The SMILES string of the molecule is CCCCCCCCCCCCCCCCCCCCC/C=C/C(O)C(CO)NC(=O)CCCCCCCCCCCCCCCCCCC/C=C\C/C=C\CCCCCCCCCCCCCCCCCOC(=O)CCCCCCCCCCCCCCCC. The summed E-state index contributed by atoms with van der Waals surface area (Å²) in [5, 5.41) is 23.3. The number of esters is 1. The third kappa shape index (κ3) is 77.0. The van der Waals surface area contributed by atoms with Gasteiger partial charge in [0, 0.05) is 12.8 Å². The average Bonchev–Trinajstić information content (AvgIpc) is 3.65. The average molecular weight is 1280 g/mol. The fourth-order valence-electron chi connectivity index (χ4n) is 13.3. The van der Waals surface area contributed by atoms with Gasteiger partial charge in [-0.2, -0.15) is 0 Å². The third-order valence-corrected chi connectivity index (χ3v) is 19.7. The number of carbonyl (C=O) groups excluding carboxylic acids is 2. The summed E-state index contributed by atoms with van der Waals surface area (Å²) in [6.07, 6.45) is 106. The Kier molecular flexibility index (Phi) is 78.8. The van der Waals surface area contributed by atoms with Gasteiger partial charge >= 0.3 is 5.97 Å². The molecular weight excluding hydrogens is 1110 g/mol. The molecule has 0 fully saturated rings. The summed E-state index contributed by atoms with van der Waals surface area (Å²) in [6, 6.07) is -0.627.